The lowest BCUT2D eigenvalue weighted by molar-refractivity contribution is -0.310. The average molecular weight is 238 g/mol. The molecule has 1 aromatic heterocycles. The largest absolute Gasteiger partial charge is 0.548 e. The third-order valence-corrected chi connectivity index (χ3v) is 2.48. The van der Waals surface area contributed by atoms with Crippen LogP contribution in [0.4, 0.5) is 8.78 Å². The lowest BCUT2D eigenvalue weighted by Gasteiger charge is -2.14. The molecule has 0 N–H and O–H groups in total. The van der Waals surface area contributed by atoms with Gasteiger partial charge in [-0.15, -0.1) is 0 Å². The van der Waals surface area contributed by atoms with Crippen molar-refractivity contribution in [3.8, 4) is 0 Å². The summed E-state index contributed by atoms with van der Waals surface area (Å²) in [5.74, 6) is -1.40. The van der Waals surface area contributed by atoms with Gasteiger partial charge in [0, 0.05) is 0 Å². The van der Waals surface area contributed by atoms with Crippen molar-refractivity contribution in [1.82, 2.24) is 9.78 Å². The van der Waals surface area contributed by atoms with Crippen molar-refractivity contribution >= 4 is 17.6 Å². The molecule has 0 radical (unpaired) electrons. The first-order valence-corrected chi connectivity index (χ1v) is 4.47. The summed E-state index contributed by atoms with van der Waals surface area (Å²) < 4.78 is 25.6. The molecule has 0 bridgehead atoms. The van der Waals surface area contributed by atoms with Crippen LogP contribution >= 0.6 is 11.6 Å². The van der Waals surface area contributed by atoms with Gasteiger partial charge in [-0.05, 0) is 13.8 Å². The van der Waals surface area contributed by atoms with Crippen molar-refractivity contribution in [2.45, 2.75) is 26.3 Å². The maximum Gasteiger partial charge on any atom is 0.283 e. The number of nitrogens with zero attached hydrogens (tertiary/aromatic N) is 2. The summed E-state index contributed by atoms with van der Waals surface area (Å²) in [5, 5.41) is 13.8. The van der Waals surface area contributed by atoms with Gasteiger partial charge in [0.25, 0.3) is 6.43 Å². The predicted octanol–water partition coefficient (Wildman–Crippen LogP) is 1.09. The van der Waals surface area contributed by atoms with Crippen molar-refractivity contribution in [2.75, 3.05) is 0 Å². The Hall–Kier alpha value is -1.17. The molecule has 0 amide bonds. The van der Waals surface area contributed by atoms with Gasteiger partial charge >= 0.3 is 0 Å². The molecule has 7 heteroatoms. The predicted molar refractivity (Wildman–Crippen MR) is 46.6 cm³/mol. The van der Waals surface area contributed by atoms with Gasteiger partial charge in [-0.1, -0.05) is 11.6 Å². The van der Waals surface area contributed by atoms with Gasteiger partial charge in [-0.2, -0.15) is 5.10 Å². The van der Waals surface area contributed by atoms with Gasteiger partial charge in [0.15, 0.2) is 0 Å². The highest BCUT2D eigenvalue weighted by Crippen LogP contribution is 2.29. The third kappa shape index (κ3) is 2.09. The molecule has 0 aliphatic rings. The molecular formula is C8H8ClF2N2O2-. The summed E-state index contributed by atoms with van der Waals surface area (Å²) >= 11 is 5.58. The number of carboxylic acids is 1. The third-order valence-electron chi connectivity index (χ3n) is 2.02. The van der Waals surface area contributed by atoms with Crippen molar-refractivity contribution < 1.29 is 18.7 Å². The molecule has 0 fully saturated rings. The van der Waals surface area contributed by atoms with Gasteiger partial charge in [0.2, 0.25) is 0 Å². The van der Waals surface area contributed by atoms with E-state index in [9.17, 15) is 18.7 Å². The van der Waals surface area contributed by atoms with Crippen LogP contribution in [0.2, 0.25) is 5.02 Å². The normalized spacial score (nSPS) is 13.2. The molecule has 0 unspecified atom stereocenters. The zero-order chi connectivity index (χ0) is 11.7. The lowest BCUT2D eigenvalue weighted by Crippen LogP contribution is -2.32. The fourth-order valence-electron chi connectivity index (χ4n) is 1.14. The minimum Gasteiger partial charge on any atom is -0.548 e. The molecule has 0 spiro atoms. The number of hydrogen-bond acceptors (Lipinski definition) is 3. The highest BCUT2D eigenvalue weighted by Gasteiger charge is 2.22. The van der Waals surface area contributed by atoms with Gasteiger partial charge in [0.1, 0.15) is 5.69 Å². The van der Waals surface area contributed by atoms with Gasteiger partial charge in [-0.25, -0.2) is 8.78 Å². The summed E-state index contributed by atoms with van der Waals surface area (Å²) in [4.78, 5) is 10.5. The molecule has 1 aromatic rings. The Bertz CT molecular complexity index is 392. The molecule has 0 saturated carbocycles. The van der Waals surface area contributed by atoms with E-state index < -0.39 is 24.1 Å². The molecule has 0 saturated heterocycles. The molecule has 1 heterocycles. The Balaban J connectivity index is 3.21. The highest BCUT2D eigenvalue weighted by molar-refractivity contribution is 6.31. The van der Waals surface area contributed by atoms with Crippen LogP contribution in [0.1, 0.15) is 30.8 Å². The molecule has 15 heavy (non-hydrogen) atoms. The average Bonchev–Trinajstić information content (AvgIpc) is 2.43. The van der Waals surface area contributed by atoms with E-state index in [0.29, 0.717) is 0 Å². The highest BCUT2D eigenvalue weighted by atomic mass is 35.5. The fourth-order valence-corrected chi connectivity index (χ4v) is 1.34. The number of carboxylic acid groups (broad SMARTS) is 1. The Morgan fingerprint density at radius 2 is 2.13 bits per heavy atom. The van der Waals surface area contributed by atoms with E-state index in [1.54, 1.807) is 0 Å². The Morgan fingerprint density at radius 1 is 1.60 bits per heavy atom. The van der Waals surface area contributed by atoms with Crippen LogP contribution < -0.4 is 5.11 Å². The molecule has 4 nitrogen and oxygen atoms in total. The number of halogens is 3. The van der Waals surface area contributed by atoms with E-state index in [4.69, 9.17) is 11.6 Å². The molecular weight excluding hydrogens is 230 g/mol. The van der Waals surface area contributed by atoms with E-state index in [1.807, 2.05) is 0 Å². The molecule has 0 aliphatic heterocycles. The van der Waals surface area contributed by atoms with Crippen LogP contribution in [0.3, 0.4) is 0 Å². The van der Waals surface area contributed by atoms with Crippen molar-refractivity contribution in [3.05, 3.63) is 16.4 Å². The first-order chi connectivity index (χ1) is 6.86. The number of aromatic nitrogens is 2. The summed E-state index contributed by atoms with van der Waals surface area (Å²) in [6, 6.07) is -1.13. The van der Waals surface area contributed by atoms with Crippen molar-refractivity contribution in [3.63, 3.8) is 0 Å². The second-order valence-electron chi connectivity index (χ2n) is 3.02. The lowest BCUT2D eigenvalue weighted by atomic mass is 10.3. The van der Waals surface area contributed by atoms with Crippen LogP contribution in [-0.2, 0) is 4.79 Å². The SMILES string of the molecule is Cc1c(Cl)c(C(F)F)nn1[C@H](C)C(=O)[O-]. The minimum absolute atomic E-state index is 0.184. The molecule has 1 rings (SSSR count). The number of carbonyl (C=O) groups is 1. The summed E-state index contributed by atoms with van der Waals surface area (Å²) in [6.07, 6.45) is -2.83. The first kappa shape index (κ1) is 11.9. The van der Waals surface area contributed by atoms with Crippen LogP contribution in [0.15, 0.2) is 0 Å². The van der Waals surface area contributed by atoms with E-state index >= 15 is 0 Å². The van der Waals surface area contributed by atoms with Crippen molar-refractivity contribution in [1.29, 1.82) is 0 Å². The smallest absolute Gasteiger partial charge is 0.283 e. The number of carbonyl (C=O) groups excluding carboxylic acids is 1. The van der Waals surface area contributed by atoms with Gasteiger partial charge < -0.3 is 9.90 Å². The first-order valence-electron chi connectivity index (χ1n) is 4.09. The van der Waals surface area contributed by atoms with Crippen LogP contribution in [-0.4, -0.2) is 15.7 Å². The summed E-state index contributed by atoms with van der Waals surface area (Å²) in [7, 11) is 0. The molecule has 84 valence electrons. The van der Waals surface area contributed by atoms with Crippen molar-refractivity contribution in [2.24, 2.45) is 0 Å². The second-order valence-corrected chi connectivity index (χ2v) is 3.40. The maximum absolute atomic E-state index is 12.4. The Morgan fingerprint density at radius 3 is 2.47 bits per heavy atom. The Kier molecular flexibility index (Phi) is 3.28. The zero-order valence-electron chi connectivity index (χ0n) is 8.00. The quantitative estimate of drug-likeness (QED) is 0.791. The van der Waals surface area contributed by atoms with E-state index in [0.717, 1.165) is 4.68 Å². The number of alkyl halides is 2. The van der Waals surface area contributed by atoms with Gasteiger partial charge in [-0.3, -0.25) is 4.68 Å². The van der Waals surface area contributed by atoms with Crippen LogP contribution in [0, 0.1) is 6.92 Å². The second kappa shape index (κ2) is 4.14. The zero-order valence-corrected chi connectivity index (χ0v) is 8.76. The number of hydrogen-bond donors (Lipinski definition) is 0. The van der Waals surface area contributed by atoms with Gasteiger partial charge in [0.05, 0.1) is 22.7 Å². The molecule has 1 atom stereocenters. The maximum atomic E-state index is 12.4. The van der Waals surface area contributed by atoms with E-state index in [2.05, 4.69) is 5.10 Å². The summed E-state index contributed by atoms with van der Waals surface area (Å²) in [5.41, 5.74) is -0.425. The Labute approximate surface area is 89.5 Å². The van der Waals surface area contributed by atoms with Crippen LogP contribution in [0.5, 0.6) is 0 Å². The topological polar surface area (TPSA) is 58.0 Å². The number of rotatable bonds is 3. The monoisotopic (exact) mass is 237 g/mol. The minimum atomic E-state index is -2.83. The standard InChI is InChI=1S/C8H9ClF2N2O2/c1-3-5(9)6(7(10)11)12-13(3)4(2)8(14)15/h4,7H,1-2H3,(H,14,15)/p-1/t4-/m1/s1. The molecule has 0 aromatic carbocycles. The fraction of sp³-hybridized carbons (Fsp3) is 0.500. The summed E-state index contributed by atoms with van der Waals surface area (Å²) in [6.45, 7) is 2.70. The van der Waals surface area contributed by atoms with E-state index in [1.165, 1.54) is 13.8 Å². The van der Waals surface area contributed by atoms with E-state index in [-0.39, 0.29) is 10.7 Å². The van der Waals surface area contributed by atoms with Crippen LogP contribution in [0.25, 0.3) is 0 Å². The number of aliphatic carboxylic acids is 1. The molecule has 0 aliphatic carbocycles.